The van der Waals surface area contributed by atoms with Gasteiger partial charge < -0.3 is 15.7 Å². The number of nitrogens with zero attached hydrogens (tertiary/aromatic N) is 1. The van der Waals surface area contributed by atoms with Crippen molar-refractivity contribution in [3.63, 3.8) is 0 Å². The molecule has 1 heterocycles. The molecule has 1 aliphatic rings. The summed E-state index contributed by atoms with van der Waals surface area (Å²) in [5.74, 6) is -1.22. The molecule has 0 aromatic rings. The number of hydrogen-bond acceptors (Lipinski definition) is 3. The van der Waals surface area contributed by atoms with Gasteiger partial charge in [0, 0.05) is 6.54 Å². The third kappa shape index (κ3) is 2.28. The fraction of sp³-hybridized carbons (Fsp3) is 0.800. The van der Waals surface area contributed by atoms with E-state index < -0.39 is 18.1 Å². The Morgan fingerprint density at radius 3 is 2.67 bits per heavy atom. The summed E-state index contributed by atoms with van der Waals surface area (Å²) in [6, 6.07) is -1.24. The smallest absolute Gasteiger partial charge is 0.326 e. The lowest BCUT2D eigenvalue weighted by Crippen LogP contribution is -2.48. The summed E-state index contributed by atoms with van der Waals surface area (Å²) in [4.78, 5) is 24.1. The van der Waals surface area contributed by atoms with Crippen LogP contribution >= 0.6 is 0 Å². The molecule has 1 rings (SSSR count). The highest BCUT2D eigenvalue weighted by Crippen LogP contribution is 2.20. The van der Waals surface area contributed by atoms with Crippen LogP contribution in [0.25, 0.3) is 0 Å². The first-order valence-electron chi connectivity index (χ1n) is 5.27. The number of hydrogen-bond donors (Lipinski definition) is 2. The van der Waals surface area contributed by atoms with Gasteiger partial charge >= 0.3 is 5.97 Å². The molecule has 15 heavy (non-hydrogen) atoms. The van der Waals surface area contributed by atoms with Crippen LogP contribution in [0.1, 0.15) is 26.7 Å². The van der Waals surface area contributed by atoms with E-state index in [4.69, 9.17) is 10.8 Å². The Hall–Kier alpha value is -1.10. The monoisotopic (exact) mass is 214 g/mol. The van der Waals surface area contributed by atoms with Gasteiger partial charge in [0.2, 0.25) is 5.91 Å². The minimum atomic E-state index is -0.938. The minimum Gasteiger partial charge on any atom is -0.480 e. The second kappa shape index (κ2) is 4.61. The zero-order valence-electron chi connectivity index (χ0n) is 9.14. The van der Waals surface area contributed by atoms with Crippen LogP contribution in [0.2, 0.25) is 0 Å². The zero-order chi connectivity index (χ0) is 11.6. The van der Waals surface area contributed by atoms with Crippen LogP contribution in [-0.4, -0.2) is 40.5 Å². The molecule has 1 saturated heterocycles. The predicted molar refractivity (Wildman–Crippen MR) is 55.2 cm³/mol. The van der Waals surface area contributed by atoms with Gasteiger partial charge in [0.25, 0.3) is 0 Å². The number of nitrogens with two attached hydrogens (primary N) is 1. The van der Waals surface area contributed by atoms with Gasteiger partial charge in [0.05, 0.1) is 6.04 Å². The highest BCUT2D eigenvalue weighted by Gasteiger charge is 2.39. The van der Waals surface area contributed by atoms with Crippen molar-refractivity contribution in [3.8, 4) is 0 Å². The van der Waals surface area contributed by atoms with Crippen LogP contribution in [-0.2, 0) is 9.59 Å². The van der Waals surface area contributed by atoms with Gasteiger partial charge in [0.1, 0.15) is 6.04 Å². The first kappa shape index (κ1) is 12.0. The van der Waals surface area contributed by atoms with Crippen molar-refractivity contribution >= 4 is 11.9 Å². The first-order chi connectivity index (χ1) is 6.99. The third-order valence-corrected chi connectivity index (χ3v) is 3.05. The van der Waals surface area contributed by atoms with E-state index in [1.807, 2.05) is 13.8 Å². The van der Waals surface area contributed by atoms with Gasteiger partial charge in [0.15, 0.2) is 0 Å². The van der Waals surface area contributed by atoms with Crippen molar-refractivity contribution in [3.05, 3.63) is 0 Å². The second-order valence-corrected chi connectivity index (χ2v) is 4.10. The number of rotatable bonds is 4. The van der Waals surface area contributed by atoms with E-state index in [2.05, 4.69) is 0 Å². The maximum absolute atomic E-state index is 11.6. The Kier molecular flexibility index (Phi) is 3.68. The van der Waals surface area contributed by atoms with E-state index in [9.17, 15) is 9.59 Å². The van der Waals surface area contributed by atoms with Crippen LogP contribution in [0.4, 0.5) is 0 Å². The summed E-state index contributed by atoms with van der Waals surface area (Å²) in [5.41, 5.74) is 5.56. The second-order valence-electron chi connectivity index (χ2n) is 4.10. The minimum absolute atomic E-state index is 0.0447. The molecule has 86 valence electrons. The van der Waals surface area contributed by atoms with E-state index in [0.29, 0.717) is 13.0 Å². The summed E-state index contributed by atoms with van der Waals surface area (Å²) in [6.45, 7) is 4.22. The topological polar surface area (TPSA) is 83.6 Å². The molecule has 0 spiro atoms. The number of amides is 1. The van der Waals surface area contributed by atoms with Crippen molar-refractivity contribution in [2.45, 2.75) is 38.8 Å². The van der Waals surface area contributed by atoms with E-state index in [-0.39, 0.29) is 11.8 Å². The Morgan fingerprint density at radius 2 is 2.33 bits per heavy atom. The fourth-order valence-corrected chi connectivity index (χ4v) is 1.91. The van der Waals surface area contributed by atoms with Crippen LogP contribution in [0, 0.1) is 5.92 Å². The van der Waals surface area contributed by atoms with E-state index in [1.165, 1.54) is 4.90 Å². The van der Waals surface area contributed by atoms with Gasteiger partial charge in [-0.2, -0.15) is 0 Å². The molecule has 1 amide bonds. The lowest BCUT2D eigenvalue weighted by atomic mass is 9.98. The van der Waals surface area contributed by atoms with Gasteiger partial charge in [-0.25, -0.2) is 4.79 Å². The van der Waals surface area contributed by atoms with Crippen molar-refractivity contribution in [1.82, 2.24) is 4.90 Å². The highest BCUT2D eigenvalue weighted by molar-refractivity contribution is 5.88. The molecule has 0 radical (unpaired) electrons. The SMILES string of the molecule is CCC(C)C(C(=O)O)N1CC[C@@H](N)C1=O. The van der Waals surface area contributed by atoms with Crippen molar-refractivity contribution in [1.29, 1.82) is 0 Å². The summed E-state index contributed by atoms with van der Waals surface area (Å²) in [6.07, 6.45) is 1.29. The molecular weight excluding hydrogens is 196 g/mol. The van der Waals surface area contributed by atoms with Crippen LogP contribution in [0.15, 0.2) is 0 Å². The number of carboxylic acid groups (broad SMARTS) is 1. The van der Waals surface area contributed by atoms with Gasteiger partial charge in [-0.1, -0.05) is 20.3 Å². The molecular formula is C10H18N2O3. The Morgan fingerprint density at radius 1 is 1.73 bits per heavy atom. The van der Waals surface area contributed by atoms with Crippen LogP contribution in [0.5, 0.6) is 0 Å². The number of aliphatic carboxylic acids is 1. The molecule has 0 saturated carbocycles. The van der Waals surface area contributed by atoms with E-state index in [1.54, 1.807) is 0 Å². The van der Waals surface area contributed by atoms with Gasteiger partial charge in [-0.15, -0.1) is 0 Å². The Balaban J connectivity index is 2.81. The molecule has 1 fully saturated rings. The highest BCUT2D eigenvalue weighted by atomic mass is 16.4. The maximum Gasteiger partial charge on any atom is 0.326 e. The molecule has 5 heteroatoms. The third-order valence-electron chi connectivity index (χ3n) is 3.05. The van der Waals surface area contributed by atoms with E-state index in [0.717, 1.165) is 6.42 Å². The maximum atomic E-state index is 11.6. The molecule has 0 aromatic heterocycles. The lowest BCUT2D eigenvalue weighted by Gasteiger charge is -2.28. The lowest BCUT2D eigenvalue weighted by molar-refractivity contribution is -0.150. The average molecular weight is 214 g/mol. The molecule has 0 aliphatic carbocycles. The first-order valence-corrected chi connectivity index (χ1v) is 5.27. The standard InChI is InChI=1S/C10H18N2O3/c1-3-6(2)8(10(14)15)12-5-4-7(11)9(12)13/h6-8H,3-5,11H2,1-2H3,(H,14,15)/t6?,7-,8?/m1/s1. The summed E-state index contributed by atoms with van der Waals surface area (Å²) in [7, 11) is 0. The predicted octanol–water partition coefficient (Wildman–Crippen LogP) is 0.0453. The summed E-state index contributed by atoms with van der Waals surface area (Å²) in [5, 5.41) is 9.10. The molecule has 1 aliphatic heterocycles. The molecule has 3 N–H and O–H groups in total. The van der Waals surface area contributed by atoms with Crippen molar-refractivity contribution in [2.24, 2.45) is 11.7 Å². The van der Waals surface area contributed by atoms with Crippen molar-refractivity contribution < 1.29 is 14.7 Å². The zero-order valence-corrected chi connectivity index (χ0v) is 9.14. The number of carbonyl (C=O) groups excluding carboxylic acids is 1. The molecule has 0 aromatic carbocycles. The van der Waals surface area contributed by atoms with Gasteiger partial charge in [-0.05, 0) is 12.3 Å². The molecule has 5 nitrogen and oxygen atoms in total. The Labute approximate surface area is 89.2 Å². The quantitative estimate of drug-likeness (QED) is 0.692. The largest absolute Gasteiger partial charge is 0.480 e. The fourth-order valence-electron chi connectivity index (χ4n) is 1.91. The molecule has 0 bridgehead atoms. The molecule has 2 unspecified atom stereocenters. The van der Waals surface area contributed by atoms with Gasteiger partial charge in [-0.3, -0.25) is 4.79 Å². The average Bonchev–Trinajstić information content (AvgIpc) is 2.49. The molecule has 3 atom stereocenters. The number of carbonyl (C=O) groups is 2. The van der Waals surface area contributed by atoms with Crippen LogP contribution in [0.3, 0.4) is 0 Å². The van der Waals surface area contributed by atoms with Crippen LogP contribution < -0.4 is 5.73 Å². The number of likely N-dealkylation sites (tertiary alicyclic amines) is 1. The Bertz CT molecular complexity index is 267. The number of carboxylic acids is 1. The summed E-state index contributed by atoms with van der Waals surface area (Å²) >= 11 is 0. The summed E-state index contributed by atoms with van der Waals surface area (Å²) < 4.78 is 0. The van der Waals surface area contributed by atoms with E-state index >= 15 is 0 Å². The normalized spacial score (nSPS) is 25.4. The van der Waals surface area contributed by atoms with Crippen molar-refractivity contribution in [2.75, 3.05) is 6.54 Å².